The third-order valence-electron chi connectivity index (χ3n) is 1.64. The van der Waals surface area contributed by atoms with Gasteiger partial charge in [0.25, 0.3) is 0 Å². The predicted molar refractivity (Wildman–Crippen MR) is 42.6 cm³/mol. The first-order valence-corrected chi connectivity index (χ1v) is 4.19. The second kappa shape index (κ2) is 3.72. The number of halogens is 1. The van der Waals surface area contributed by atoms with Crippen LogP contribution in [-0.2, 0) is 5.88 Å². The molecular formula is C7H11ClN2O. The fourth-order valence-electron chi connectivity index (χ4n) is 0.697. The molecule has 0 radical (unpaired) electrons. The van der Waals surface area contributed by atoms with E-state index in [0.29, 0.717) is 23.5 Å². The van der Waals surface area contributed by atoms with Gasteiger partial charge in [-0.2, -0.15) is 4.98 Å². The molecule has 1 heterocycles. The number of hydrogen-bond acceptors (Lipinski definition) is 3. The Balaban J connectivity index is 2.71. The first-order chi connectivity index (χ1) is 5.27. The van der Waals surface area contributed by atoms with Crippen LogP contribution < -0.4 is 0 Å². The van der Waals surface area contributed by atoms with Crippen molar-refractivity contribution in [1.82, 2.24) is 10.1 Å². The van der Waals surface area contributed by atoms with Crippen molar-refractivity contribution in [2.75, 3.05) is 0 Å². The molecule has 0 aliphatic heterocycles. The Morgan fingerprint density at radius 3 is 2.82 bits per heavy atom. The van der Waals surface area contributed by atoms with E-state index in [1.807, 2.05) is 6.92 Å². The third kappa shape index (κ3) is 1.93. The van der Waals surface area contributed by atoms with Crippen molar-refractivity contribution < 1.29 is 4.52 Å². The summed E-state index contributed by atoms with van der Waals surface area (Å²) < 4.78 is 4.96. The molecule has 0 aliphatic rings. The maximum Gasteiger partial charge on any atom is 0.229 e. The second-order valence-electron chi connectivity index (χ2n) is 2.49. The third-order valence-corrected chi connectivity index (χ3v) is 1.88. The highest BCUT2D eigenvalue weighted by atomic mass is 35.5. The van der Waals surface area contributed by atoms with Crippen molar-refractivity contribution in [2.45, 2.75) is 32.1 Å². The largest absolute Gasteiger partial charge is 0.339 e. The van der Waals surface area contributed by atoms with E-state index in [1.54, 1.807) is 0 Å². The van der Waals surface area contributed by atoms with Gasteiger partial charge in [0.05, 0.1) is 5.88 Å². The summed E-state index contributed by atoms with van der Waals surface area (Å²) in [4.78, 5) is 4.09. The van der Waals surface area contributed by atoms with Crippen LogP contribution in [0.15, 0.2) is 4.52 Å². The van der Waals surface area contributed by atoms with Crippen LogP contribution in [0.25, 0.3) is 0 Å². The topological polar surface area (TPSA) is 38.9 Å². The monoisotopic (exact) mass is 174 g/mol. The zero-order chi connectivity index (χ0) is 8.27. The molecule has 0 saturated carbocycles. The Labute approximate surface area is 70.7 Å². The van der Waals surface area contributed by atoms with Gasteiger partial charge in [-0.3, -0.25) is 0 Å². The molecule has 0 aromatic carbocycles. The van der Waals surface area contributed by atoms with Gasteiger partial charge >= 0.3 is 0 Å². The van der Waals surface area contributed by atoms with E-state index in [0.717, 1.165) is 6.42 Å². The Morgan fingerprint density at radius 2 is 2.36 bits per heavy atom. The summed E-state index contributed by atoms with van der Waals surface area (Å²) in [5.74, 6) is 1.91. The Morgan fingerprint density at radius 1 is 1.64 bits per heavy atom. The van der Waals surface area contributed by atoms with Crippen LogP contribution in [0, 0.1) is 0 Å². The average molecular weight is 175 g/mol. The van der Waals surface area contributed by atoms with E-state index in [9.17, 15) is 0 Å². The summed E-state index contributed by atoms with van der Waals surface area (Å²) in [5, 5.41) is 3.69. The van der Waals surface area contributed by atoms with Gasteiger partial charge < -0.3 is 4.52 Å². The summed E-state index contributed by atoms with van der Waals surface area (Å²) in [7, 11) is 0. The molecule has 1 rings (SSSR count). The van der Waals surface area contributed by atoms with Crippen molar-refractivity contribution in [3.05, 3.63) is 11.7 Å². The maximum absolute atomic E-state index is 5.50. The summed E-state index contributed by atoms with van der Waals surface area (Å²) in [6, 6.07) is 0. The number of nitrogens with zero attached hydrogens (tertiary/aromatic N) is 2. The van der Waals surface area contributed by atoms with Crippen molar-refractivity contribution in [2.24, 2.45) is 0 Å². The van der Waals surface area contributed by atoms with E-state index in [2.05, 4.69) is 17.1 Å². The first kappa shape index (κ1) is 8.53. The minimum absolute atomic E-state index is 0.319. The molecule has 3 nitrogen and oxygen atoms in total. The zero-order valence-corrected chi connectivity index (χ0v) is 7.43. The van der Waals surface area contributed by atoms with Crippen molar-refractivity contribution in [3.8, 4) is 0 Å². The summed E-state index contributed by atoms with van der Waals surface area (Å²) in [6.45, 7) is 4.13. The van der Waals surface area contributed by atoms with Gasteiger partial charge in [0.1, 0.15) is 0 Å². The molecule has 4 heteroatoms. The highest BCUT2D eigenvalue weighted by molar-refractivity contribution is 6.16. The summed E-state index contributed by atoms with van der Waals surface area (Å²) in [6.07, 6.45) is 1.00. The van der Waals surface area contributed by atoms with E-state index in [1.165, 1.54) is 0 Å². The Hall–Kier alpha value is -0.570. The van der Waals surface area contributed by atoms with E-state index < -0.39 is 0 Å². The minimum atomic E-state index is 0.319. The molecule has 0 aliphatic carbocycles. The molecule has 62 valence electrons. The van der Waals surface area contributed by atoms with Crippen molar-refractivity contribution in [1.29, 1.82) is 0 Å². The van der Waals surface area contributed by atoms with Crippen LogP contribution in [0.4, 0.5) is 0 Å². The van der Waals surface area contributed by atoms with Crippen LogP contribution in [0.1, 0.15) is 37.9 Å². The molecule has 0 saturated heterocycles. The molecule has 0 fully saturated rings. The van der Waals surface area contributed by atoms with Gasteiger partial charge in [0, 0.05) is 5.92 Å². The first-order valence-electron chi connectivity index (χ1n) is 3.66. The minimum Gasteiger partial charge on any atom is -0.339 e. The molecule has 0 bridgehead atoms. The second-order valence-corrected chi connectivity index (χ2v) is 2.76. The molecule has 0 spiro atoms. The van der Waals surface area contributed by atoms with Crippen LogP contribution in [0.5, 0.6) is 0 Å². The Kier molecular flexibility index (Phi) is 2.88. The van der Waals surface area contributed by atoms with Gasteiger partial charge in [0.2, 0.25) is 5.89 Å². The lowest BCUT2D eigenvalue weighted by Gasteiger charge is -1.98. The fraction of sp³-hybridized carbons (Fsp3) is 0.714. The van der Waals surface area contributed by atoms with Crippen molar-refractivity contribution in [3.63, 3.8) is 0 Å². The smallest absolute Gasteiger partial charge is 0.229 e. The van der Waals surface area contributed by atoms with Gasteiger partial charge in [-0.1, -0.05) is 19.0 Å². The zero-order valence-electron chi connectivity index (χ0n) is 6.67. The average Bonchev–Trinajstić information content (AvgIpc) is 2.50. The lowest BCUT2D eigenvalue weighted by molar-refractivity contribution is 0.353. The molecule has 1 atom stereocenters. The molecular weight excluding hydrogens is 164 g/mol. The molecule has 1 aromatic heterocycles. The Bertz CT molecular complexity index is 224. The van der Waals surface area contributed by atoms with E-state index in [-0.39, 0.29) is 0 Å². The lowest BCUT2D eigenvalue weighted by Crippen LogP contribution is -1.91. The highest BCUT2D eigenvalue weighted by Gasteiger charge is 2.10. The van der Waals surface area contributed by atoms with Gasteiger partial charge in [0.15, 0.2) is 5.82 Å². The van der Waals surface area contributed by atoms with E-state index >= 15 is 0 Å². The highest BCUT2D eigenvalue weighted by Crippen LogP contribution is 2.16. The number of alkyl halides is 1. The number of aromatic nitrogens is 2. The summed E-state index contributed by atoms with van der Waals surface area (Å²) in [5.41, 5.74) is 0. The normalized spacial score (nSPS) is 13.4. The number of hydrogen-bond donors (Lipinski definition) is 0. The van der Waals surface area contributed by atoms with Gasteiger partial charge in [-0.25, -0.2) is 0 Å². The SMILES string of the molecule is CCC(C)c1nc(CCl)no1. The number of rotatable bonds is 3. The fourth-order valence-corrected chi connectivity index (χ4v) is 0.805. The molecule has 0 amide bonds. The van der Waals surface area contributed by atoms with Crippen LogP contribution in [0.3, 0.4) is 0 Å². The molecule has 1 aromatic rings. The van der Waals surface area contributed by atoms with Crippen LogP contribution in [-0.4, -0.2) is 10.1 Å². The van der Waals surface area contributed by atoms with Gasteiger partial charge in [-0.05, 0) is 6.42 Å². The maximum atomic E-state index is 5.50. The molecule has 0 N–H and O–H groups in total. The summed E-state index contributed by atoms with van der Waals surface area (Å²) >= 11 is 5.50. The standard InChI is InChI=1S/C7H11ClN2O/c1-3-5(2)7-9-6(4-8)10-11-7/h5H,3-4H2,1-2H3. The predicted octanol–water partition coefficient (Wildman–Crippen LogP) is 2.32. The van der Waals surface area contributed by atoms with Crippen LogP contribution >= 0.6 is 11.6 Å². The van der Waals surface area contributed by atoms with Gasteiger partial charge in [-0.15, -0.1) is 11.6 Å². The quantitative estimate of drug-likeness (QED) is 0.661. The molecule has 11 heavy (non-hydrogen) atoms. The molecule has 1 unspecified atom stereocenters. The van der Waals surface area contributed by atoms with Crippen molar-refractivity contribution >= 4 is 11.6 Å². The van der Waals surface area contributed by atoms with Crippen LogP contribution in [0.2, 0.25) is 0 Å². The lowest BCUT2D eigenvalue weighted by atomic mass is 10.1. The van der Waals surface area contributed by atoms with E-state index in [4.69, 9.17) is 16.1 Å².